The molecule has 1 saturated carbocycles. The molecule has 1 aliphatic rings. The van der Waals surface area contributed by atoms with Crippen molar-refractivity contribution in [2.75, 3.05) is 0 Å². The summed E-state index contributed by atoms with van der Waals surface area (Å²) >= 11 is 0. The molecule has 0 radical (unpaired) electrons. The SMILES string of the molecule is C\C=C(/C=C\C=N\C=C\c1ccc(CC(C)C)cc1)c1ccc(C2(N)CC2)cc1. The molecule has 2 aromatic carbocycles. The van der Waals surface area contributed by atoms with E-state index in [0.717, 1.165) is 19.3 Å². The Morgan fingerprint density at radius 1 is 1.07 bits per heavy atom. The topological polar surface area (TPSA) is 38.4 Å². The van der Waals surface area contributed by atoms with E-state index < -0.39 is 0 Å². The first-order valence-electron chi connectivity index (χ1n) is 10.5. The van der Waals surface area contributed by atoms with Crippen LogP contribution in [0.15, 0.2) is 78.0 Å². The van der Waals surface area contributed by atoms with Gasteiger partial charge in [0.05, 0.1) is 0 Å². The molecule has 0 aliphatic heterocycles. The molecule has 2 aromatic rings. The van der Waals surface area contributed by atoms with E-state index in [4.69, 9.17) is 5.73 Å². The molecule has 0 unspecified atom stereocenters. The predicted molar refractivity (Wildman–Crippen MR) is 127 cm³/mol. The molecule has 2 heteroatoms. The van der Waals surface area contributed by atoms with Gasteiger partial charge in [-0.3, -0.25) is 4.99 Å². The van der Waals surface area contributed by atoms with E-state index in [-0.39, 0.29) is 5.54 Å². The number of nitrogens with two attached hydrogens (primary N) is 1. The molecule has 29 heavy (non-hydrogen) atoms. The average molecular weight is 385 g/mol. The van der Waals surface area contributed by atoms with Crippen molar-refractivity contribution in [3.05, 3.63) is 95.2 Å². The molecule has 2 nitrogen and oxygen atoms in total. The highest BCUT2D eigenvalue weighted by molar-refractivity contribution is 5.81. The van der Waals surface area contributed by atoms with Crippen LogP contribution < -0.4 is 5.73 Å². The molecule has 0 spiro atoms. The third kappa shape index (κ3) is 6.13. The van der Waals surface area contributed by atoms with Gasteiger partial charge in [0.1, 0.15) is 0 Å². The van der Waals surface area contributed by atoms with Crippen LogP contribution in [0.5, 0.6) is 0 Å². The highest BCUT2D eigenvalue weighted by atomic mass is 14.8. The van der Waals surface area contributed by atoms with Gasteiger partial charge in [0, 0.05) is 18.0 Å². The molecule has 3 rings (SSSR count). The van der Waals surface area contributed by atoms with Crippen LogP contribution in [0.25, 0.3) is 11.6 Å². The minimum Gasteiger partial charge on any atom is -0.321 e. The summed E-state index contributed by atoms with van der Waals surface area (Å²) in [6.45, 7) is 6.54. The Labute approximate surface area is 175 Å². The van der Waals surface area contributed by atoms with Crippen LogP contribution in [0, 0.1) is 5.92 Å². The Morgan fingerprint density at radius 2 is 1.76 bits per heavy atom. The van der Waals surface area contributed by atoms with Gasteiger partial charge < -0.3 is 5.73 Å². The van der Waals surface area contributed by atoms with Crippen LogP contribution in [0.4, 0.5) is 0 Å². The largest absolute Gasteiger partial charge is 0.321 e. The Balaban J connectivity index is 1.53. The third-order valence-corrected chi connectivity index (χ3v) is 5.32. The summed E-state index contributed by atoms with van der Waals surface area (Å²) in [4.78, 5) is 4.36. The van der Waals surface area contributed by atoms with Crippen molar-refractivity contribution in [2.45, 2.75) is 45.6 Å². The number of allylic oxidation sites excluding steroid dienone is 4. The summed E-state index contributed by atoms with van der Waals surface area (Å²) in [6, 6.07) is 17.3. The van der Waals surface area contributed by atoms with Gasteiger partial charge in [-0.1, -0.05) is 74.5 Å². The number of nitrogens with zero attached hydrogens (tertiary/aromatic N) is 1. The van der Waals surface area contributed by atoms with Gasteiger partial charge in [-0.25, -0.2) is 0 Å². The Morgan fingerprint density at radius 3 is 2.34 bits per heavy atom. The normalized spacial score (nSPS) is 16.5. The zero-order chi connectivity index (χ0) is 20.7. The number of hydrogen-bond acceptors (Lipinski definition) is 2. The Hall–Kier alpha value is -2.71. The maximum absolute atomic E-state index is 6.27. The van der Waals surface area contributed by atoms with Gasteiger partial charge in [-0.2, -0.15) is 0 Å². The highest BCUT2D eigenvalue weighted by Crippen LogP contribution is 2.42. The zero-order valence-corrected chi connectivity index (χ0v) is 17.8. The predicted octanol–water partition coefficient (Wildman–Crippen LogP) is 6.53. The summed E-state index contributed by atoms with van der Waals surface area (Å²) in [6.07, 6.45) is 15.2. The monoisotopic (exact) mass is 384 g/mol. The maximum Gasteiger partial charge on any atom is 0.0411 e. The first-order valence-corrected chi connectivity index (χ1v) is 10.5. The zero-order valence-electron chi connectivity index (χ0n) is 17.8. The lowest BCUT2D eigenvalue weighted by atomic mass is 9.99. The molecule has 0 atom stereocenters. The van der Waals surface area contributed by atoms with Gasteiger partial charge in [0.25, 0.3) is 0 Å². The molecular weight excluding hydrogens is 352 g/mol. The number of aliphatic imine (C=N–C) groups is 1. The van der Waals surface area contributed by atoms with Crippen LogP contribution in [0.3, 0.4) is 0 Å². The second kappa shape index (κ2) is 9.67. The summed E-state index contributed by atoms with van der Waals surface area (Å²) in [7, 11) is 0. The molecule has 1 fully saturated rings. The van der Waals surface area contributed by atoms with Crippen molar-refractivity contribution in [3.63, 3.8) is 0 Å². The first-order chi connectivity index (χ1) is 14.0. The van der Waals surface area contributed by atoms with E-state index in [0.29, 0.717) is 5.92 Å². The van der Waals surface area contributed by atoms with Crippen LogP contribution in [-0.4, -0.2) is 6.21 Å². The fourth-order valence-electron chi connectivity index (χ4n) is 3.39. The van der Waals surface area contributed by atoms with Gasteiger partial charge in [0.15, 0.2) is 0 Å². The molecule has 2 N–H and O–H groups in total. The minimum absolute atomic E-state index is 0.0712. The Kier molecular flexibility index (Phi) is 7.00. The Bertz CT molecular complexity index is 906. The van der Waals surface area contributed by atoms with Crippen molar-refractivity contribution in [3.8, 4) is 0 Å². The maximum atomic E-state index is 6.27. The van der Waals surface area contributed by atoms with Crippen molar-refractivity contribution < 1.29 is 0 Å². The lowest BCUT2D eigenvalue weighted by molar-refractivity contribution is 0.647. The molecule has 0 bridgehead atoms. The van der Waals surface area contributed by atoms with Gasteiger partial charge in [-0.05, 0) is 72.1 Å². The molecular formula is C27H32N2. The third-order valence-electron chi connectivity index (χ3n) is 5.32. The lowest BCUT2D eigenvalue weighted by Gasteiger charge is -2.10. The smallest absolute Gasteiger partial charge is 0.0411 e. The molecule has 0 heterocycles. The lowest BCUT2D eigenvalue weighted by Crippen LogP contribution is -2.18. The van der Waals surface area contributed by atoms with E-state index in [2.05, 4.69) is 86.4 Å². The quantitative estimate of drug-likeness (QED) is 0.407. The average Bonchev–Trinajstić information content (AvgIpc) is 3.47. The van der Waals surface area contributed by atoms with E-state index in [1.807, 2.05) is 24.6 Å². The molecule has 0 saturated heterocycles. The minimum atomic E-state index is -0.0712. The van der Waals surface area contributed by atoms with Crippen LogP contribution >= 0.6 is 0 Å². The van der Waals surface area contributed by atoms with Crippen LogP contribution in [-0.2, 0) is 12.0 Å². The molecule has 0 aromatic heterocycles. The van der Waals surface area contributed by atoms with Gasteiger partial charge >= 0.3 is 0 Å². The van der Waals surface area contributed by atoms with Crippen molar-refractivity contribution in [1.29, 1.82) is 0 Å². The van der Waals surface area contributed by atoms with Crippen molar-refractivity contribution in [2.24, 2.45) is 16.6 Å². The summed E-state index contributed by atoms with van der Waals surface area (Å²) in [5.74, 6) is 0.684. The molecule has 1 aliphatic carbocycles. The van der Waals surface area contributed by atoms with Crippen molar-refractivity contribution >= 4 is 17.9 Å². The number of hydrogen-bond donors (Lipinski definition) is 1. The van der Waals surface area contributed by atoms with E-state index in [1.165, 1.54) is 27.8 Å². The second-order valence-corrected chi connectivity index (χ2v) is 8.29. The molecule has 0 amide bonds. The van der Waals surface area contributed by atoms with Gasteiger partial charge in [-0.15, -0.1) is 0 Å². The standard InChI is InChI=1S/C27H32N2/c1-4-24(25-11-13-26(14-12-25)27(28)16-17-27)6-5-18-29-19-15-22-7-9-23(10-8-22)20-21(2)3/h4-15,18-19,21H,16-17,20,28H2,1-3H3/b6-5-,19-15+,24-4+,29-18+. The van der Waals surface area contributed by atoms with Crippen LogP contribution in [0.2, 0.25) is 0 Å². The number of rotatable bonds is 8. The van der Waals surface area contributed by atoms with Gasteiger partial charge in [0.2, 0.25) is 0 Å². The van der Waals surface area contributed by atoms with E-state index in [9.17, 15) is 0 Å². The highest BCUT2D eigenvalue weighted by Gasteiger charge is 2.39. The first kappa shape index (κ1) is 21.0. The summed E-state index contributed by atoms with van der Waals surface area (Å²) in [5, 5.41) is 0. The summed E-state index contributed by atoms with van der Waals surface area (Å²) < 4.78 is 0. The van der Waals surface area contributed by atoms with E-state index >= 15 is 0 Å². The summed E-state index contributed by atoms with van der Waals surface area (Å²) in [5.41, 5.74) is 12.4. The second-order valence-electron chi connectivity index (χ2n) is 8.29. The fraction of sp³-hybridized carbons (Fsp3) is 0.296. The van der Waals surface area contributed by atoms with E-state index in [1.54, 1.807) is 0 Å². The fourth-order valence-corrected chi connectivity index (χ4v) is 3.39. The number of benzene rings is 2. The van der Waals surface area contributed by atoms with Crippen LogP contribution in [0.1, 0.15) is 55.9 Å². The molecule has 150 valence electrons. The van der Waals surface area contributed by atoms with Crippen molar-refractivity contribution in [1.82, 2.24) is 0 Å².